The van der Waals surface area contributed by atoms with Crippen LogP contribution in [0.1, 0.15) is 31.7 Å². The van der Waals surface area contributed by atoms with Gasteiger partial charge in [0.15, 0.2) is 0 Å². The van der Waals surface area contributed by atoms with E-state index in [2.05, 4.69) is 47.5 Å². The SMILES string of the molecule is CCN(C[C@@H]1CCN(Cc2ccccc2)C1)C(=O)N[C@H]1CCCOC1. The molecule has 2 heterocycles. The van der Waals surface area contributed by atoms with Gasteiger partial charge < -0.3 is 15.0 Å². The van der Waals surface area contributed by atoms with Crippen molar-refractivity contribution < 1.29 is 9.53 Å². The van der Waals surface area contributed by atoms with Crippen molar-refractivity contribution in [3.63, 3.8) is 0 Å². The standard InChI is InChI=1S/C20H31N3O2/c1-2-23(20(24)21-19-9-6-12-25-16-19)15-18-10-11-22(14-18)13-17-7-4-3-5-8-17/h3-5,7-8,18-19H,2,6,9-16H2,1H3,(H,21,24)/t18-,19+/m1/s1. The third-order valence-electron chi connectivity index (χ3n) is 5.25. The highest BCUT2D eigenvalue weighted by Gasteiger charge is 2.27. The fraction of sp³-hybridized carbons (Fsp3) is 0.650. The first-order valence-corrected chi connectivity index (χ1v) is 9.64. The van der Waals surface area contributed by atoms with E-state index in [1.165, 1.54) is 12.0 Å². The predicted molar refractivity (Wildman–Crippen MR) is 99.4 cm³/mol. The third-order valence-corrected chi connectivity index (χ3v) is 5.25. The summed E-state index contributed by atoms with van der Waals surface area (Å²) in [4.78, 5) is 17.0. The molecule has 1 aromatic rings. The number of ether oxygens (including phenoxy) is 1. The molecule has 5 heteroatoms. The molecule has 2 fully saturated rings. The monoisotopic (exact) mass is 345 g/mol. The number of likely N-dealkylation sites (tertiary alicyclic amines) is 1. The van der Waals surface area contributed by atoms with Gasteiger partial charge in [-0.2, -0.15) is 0 Å². The number of nitrogens with zero attached hydrogens (tertiary/aromatic N) is 2. The topological polar surface area (TPSA) is 44.8 Å². The number of nitrogens with one attached hydrogen (secondary N) is 1. The highest BCUT2D eigenvalue weighted by molar-refractivity contribution is 5.74. The quantitative estimate of drug-likeness (QED) is 0.862. The van der Waals surface area contributed by atoms with Crippen molar-refractivity contribution in [3.8, 4) is 0 Å². The number of hydrogen-bond acceptors (Lipinski definition) is 3. The second kappa shape index (κ2) is 9.20. The summed E-state index contributed by atoms with van der Waals surface area (Å²) in [5, 5.41) is 3.14. The molecule has 138 valence electrons. The number of urea groups is 1. The number of amides is 2. The number of rotatable bonds is 6. The Labute approximate surface area is 151 Å². The van der Waals surface area contributed by atoms with Gasteiger partial charge in [-0.1, -0.05) is 30.3 Å². The van der Waals surface area contributed by atoms with Crippen molar-refractivity contribution in [3.05, 3.63) is 35.9 Å². The molecule has 0 bridgehead atoms. The van der Waals surface area contributed by atoms with Crippen molar-refractivity contribution in [1.82, 2.24) is 15.1 Å². The number of carbonyl (C=O) groups excluding carboxylic acids is 1. The molecule has 0 aromatic heterocycles. The van der Waals surface area contributed by atoms with Gasteiger partial charge in [-0.25, -0.2) is 4.79 Å². The zero-order valence-corrected chi connectivity index (χ0v) is 15.3. The van der Waals surface area contributed by atoms with Crippen molar-refractivity contribution in [2.24, 2.45) is 5.92 Å². The first-order chi connectivity index (χ1) is 12.2. The Balaban J connectivity index is 1.44. The minimum Gasteiger partial charge on any atom is -0.379 e. The number of hydrogen-bond donors (Lipinski definition) is 1. The van der Waals surface area contributed by atoms with E-state index in [0.29, 0.717) is 12.5 Å². The summed E-state index contributed by atoms with van der Waals surface area (Å²) in [5.41, 5.74) is 1.37. The average Bonchev–Trinajstić information content (AvgIpc) is 3.08. The predicted octanol–water partition coefficient (Wildman–Crippen LogP) is 2.72. The third kappa shape index (κ3) is 5.44. The van der Waals surface area contributed by atoms with Gasteiger partial charge in [-0.15, -0.1) is 0 Å². The molecule has 0 spiro atoms. The summed E-state index contributed by atoms with van der Waals surface area (Å²) in [6.07, 6.45) is 3.23. The maximum atomic E-state index is 12.5. The molecule has 3 rings (SSSR count). The summed E-state index contributed by atoms with van der Waals surface area (Å²) in [7, 11) is 0. The Hall–Kier alpha value is -1.59. The van der Waals surface area contributed by atoms with Gasteiger partial charge in [0, 0.05) is 32.8 Å². The highest BCUT2D eigenvalue weighted by Crippen LogP contribution is 2.20. The van der Waals surface area contributed by atoms with E-state index in [0.717, 1.165) is 52.2 Å². The molecule has 0 radical (unpaired) electrons. The normalized spacial score (nSPS) is 24.2. The van der Waals surface area contributed by atoms with Gasteiger partial charge in [-0.3, -0.25) is 4.90 Å². The molecule has 25 heavy (non-hydrogen) atoms. The molecule has 2 atom stereocenters. The van der Waals surface area contributed by atoms with Crippen LogP contribution in [0.5, 0.6) is 0 Å². The van der Waals surface area contributed by atoms with E-state index in [1.54, 1.807) is 0 Å². The van der Waals surface area contributed by atoms with E-state index in [9.17, 15) is 4.79 Å². The van der Waals surface area contributed by atoms with Crippen LogP contribution in [0, 0.1) is 5.92 Å². The van der Waals surface area contributed by atoms with Crippen LogP contribution in [-0.2, 0) is 11.3 Å². The lowest BCUT2D eigenvalue weighted by Crippen LogP contribution is -2.49. The summed E-state index contributed by atoms with van der Waals surface area (Å²) in [6.45, 7) is 8.35. The fourth-order valence-electron chi connectivity index (χ4n) is 3.83. The van der Waals surface area contributed by atoms with Crippen LogP contribution in [0.15, 0.2) is 30.3 Å². The van der Waals surface area contributed by atoms with Crippen LogP contribution in [0.25, 0.3) is 0 Å². The van der Waals surface area contributed by atoms with E-state index in [-0.39, 0.29) is 12.1 Å². The van der Waals surface area contributed by atoms with E-state index >= 15 is 0 Å². The van der Waals surface area contributed by atoms with Gasteiger partial charge in [0.2, 0.25) is 0 Å². The van der Waals surface area contributed by atoms with Crippen molar-refractivity contribution in [2.75, 3.05) is 39.4 Å². The largest absolute Gasteiger partial charge is 0.379 e. The minimum atomic E-state index is 0.0690. The summed E-state index contributed by atoms with van der Waals surface area (Å²) < 4.78 is 5.46. The Morgan fingerprint density at radius 2 is 2.16 bits per heavy atom. The van der Waals surface area contributed by atoms with Crippen molar-refractivity contribution in [2.45, 2.75) is 38.8 Å². The first-order valence-electron chi connectivity index (χ1n) is 9.64. The molecule has 1 N–H and O–H groups in total. The second-order valence-electron chi connectivity index (χ2n) is 7.28. The molecule has 2 aliphatic rings. The van der Waals surface area contributed by atoms with Gasteiger partial charge in [-0.05, 0) is 44.2 Å². The van der Waals surface area contributed by atoms with Gasteiger partial charge in [0.05, 0.1) is 12.6 Å². The zero-order valence-electron chi connectivity index (χ0n) is 15.3. The maximum Gasteiger partial charge on any atom is 0.317 e. The van der Waals surface area contributed by atoms with Gasteiger partial charge in [0.1, 0.15) is 0 Å². The minimum absolute atomic E-state index is 0.0690. The van der Waals surface area contributed by atoms with E-state index in [1.807, 2.05) is 4.90 Å². The second-order valence-corrected chi connectivity index (χ2v) is 7.28. The molecule has 5 nitrogen and oxygen atoms in total. The molecule has 0 aliphatic carbocycles. The van der Waals surface area contributed by atoms with Gasteiger partial charge in [0.25, 0.3) is 0 Å². The Morgan fingerprint density at radius 1 is 1.32 bits per heavy atom. The molecular formula is C20H31N3O2. The Bertz CT molecular complexity index is 531. The molecule has 2 amide bonds. The summed E-state index contributed by atoms with van der Waals surface area (Å²) in [6, 6.07) is 10.9. The van der Waals surface area contributed by atoms with Crippen LogP contribution >= 0.6 is 0 Å². The van der Waals surface area contributed by atoms with Crippen LogP contribution in [0.4, 0.5) is 4.79 Å². The van der Waals surface area contributed by atoms with Gasteiger partial charge >= 0.3 is 6.03 Å². The molecular weight excluding hydrogens is 314 g/mol. The number of carbonyl (C=O) groups is 1. The Morgan fingerprint density at radius 3 is 2.88 bits per heavy atom. The summed E-state index contributed by atoms with van der Waals surface area (Å²) >= 11 is 0. The molecule has 2 aliphatic heterocycles. The lowest BCUT2D eigenvalue weighted by atomic mass is 10.1. The molecule has 1 aromatic carbocycles. The zero-order chi connectivity index (χ0) is 17.5. The van der Waals surface area contributed by atoms with E-state index < -0.39 is 0 Å². The lowest BCUT2D eigenvalue weighted by molar-refractivity contribution is 0.0704. The smallest absolute Gasteiger partial charge is 0.317 e. The highest BCUT2D eigenvalue weighted by atomic mass is 16.5. The fourth-order valence-corrected chi connectivity index (χ4v) is 3.83. The first kappa shape index (κ1) is 18.2. The van der Waals surface area contributed by atoms with Crippen LogP contribution in [0.2, 0.25) is 0 Å². The summed E-state index contributed by atoms with van der Waals surface area (Å²) in [5.74, 6) is 0.567. The Kier molecular flexibility index (Phi) is 6.70. The van der Waals surface area contributed by atoms with Crippen LogP contribution in [0.3, 0.4) is 0 Å². The lowest BCUT2D eigenvalue weighted by Gasteiger charge is -2.29. The maximum absolute atomic E-state index is 12.5. The van der Waals surface area contributed by atoms with Crippen molar-refractivity contribution in [1.29, 1.82) is 0 Å². The van der Waals surface area contributed by atoms with E-state index in [4.69, 9.17) is 4.74 Å². The van der Waals surface area contributed by atoms with Crippen LogP contribution < -0.4 is 5.32 Å². The van der Waals surface area contributed by atoms with Crippen molar-refractivity contribution >= 4 is 6.03 Å². The molecule has 0 unspecified atom stereocenters. The van der Waals surface area contributed by atoms with Crippen LogP contribution in [-0.4, -0.2) is 61.3 Å². The number of benzene rings is 1. The molecule has 2 saturated heterocycles. The average molecular weight is 345 g/mol. The molecule has 0 saturated carbocycles.